The minimum atomic E-state index is -2.33. The highest BCUT2D eigenvalue weighted by Crippen LogP contribution is 2.40. The zero-order valence-electron chi connectivity index (χ0n) is 20.3. The third-order valence-corrected chi connectivity index (χ3v) is 15.5. The van der Waals surface area contributed by atoms with Crippen molar-refractivity contribution in [2.24, 2.45) is 0 Å². The molecule has 1 aromatic rings. The van der Waals surface area contributed by atoms with Crippen molar-refractivity contribution in [1.82, 2.24) is 0 Å². The first-order valence-corrected chi connectivity index (χ1v) is 16.3. The van der Waals surface area contributed by atoms with Crippen LogP contribution in [0.5, 0.6) is 0 Å². The molecule has 0 aromatic heterocycles. The lowest BCUT2D eigenvalue weighted by Gasteiger charge is -2.40. The normalized spacial score (nSPS) is 15.4. The number of carbonyl (C=O) groups excluding carboxylic acids is 1. The lowest BCUT2D eigenvalue weighted by molar-refractivity contribution is -0.134. The molecule has 0 saturated heterocycles. The van der Waals surface area contributed by atoms with Crippen molar-refractivity contribution < 1.29 is 18.8 Å². The molecule has 0 aliphatic carbocycles. The van der Waals surface area contributed by atoms with Gasteiger partial charge in [-0.3, -0.25) is 4.79 Å². The van der Waals surface area contributed by atoms with E-state index in [0.29, 0.717) is 11.1 Å². The van der Waals surface area contributed by atoms with Gasteiger partial charge in [-0.2, -0.15) is 5.26 Å². The van der Waals surface area contributed by atoms with E-state index in [1.54, 1.807) is 24.3 Å². The number of carbonyl (C=O) groups is 1. The monoisotopic (exact) mass is 449 g/mol. The largest absolute Gasteiger partial charge is 0.409 e. The van der Waals surface area contributed by atoms with E-state index < -0.39 is 28.8 Å². The van der Waals surface area contributed by atoms with Crippen molar-refractivity contribution in [2.45, 2.75) is 90.0 Å². The summed E-state index contributed by atoms with van der Waals surface area (Å²) >= 11 is 0. The van der Waals surface area contributed by atoms with E-state index in [4.69, 9.17) is 14.1 Å². The van der Waals surface area contributed by atoms with Gasteiger partial charge in [0.2, 0.25) is 0 Å². The third kappa shape index (κ3) is 6.59. The molecule has 30 heavy (non-hydrogen) atoms. The molecule has 0 saturated carbocycles. The fraction of sp³-hybridized carbons (Fsp3) is 0.652. The van der Waals surface area contributed by atoms with Gasteiger partial charge in [0.25, 0.3) is 0 Å². The Labute approximate surface area is 184 Å². The highest BCUT2D eigenvalue weighted by atomic mass is 28.4. The fourth-order valence-electron chi connectivity index (χ4n) is 2.28. The lowest BCUT2D eigenvalue weighted by atomic mass is 10.0. The maximum atomic E-state index is 13.2. The van der Waals surface area contributed by atoms with Crippen molar-refractivity contribution in [1.29, 1.82) is 5.26 Å². The molecule has 168 valence electrons. The minimum Gasteiger partial charge on any atom is -0.409 e. The third-order valence-electron chi connectivity index (χ3n) is 6.59. The minimum absolute atomic E-state index is 0.0190. The first-order chi connectivity index (χ1) is 13.4. The Morgan fingerprint density at radius 2 is 1.47 bits per heavy atom. The molecule has 0 unspecified atom stereocenters. The second-order valence-corrected chi connectivity index (χ2v) is 20.6. The summed E-state index contributed by atoms with van der Waals surface area (Å²) in [5, 5.41) is 20.0. The molecule has 0 heterocycles. The Morgan fingerprint density at radius 1 is 1.00 bits per heavy atom. The molecule has 5 nitrogen and oxygen atoms in total. The molecule has 0 spiro atoms. The molecule has 7 heteroatoms. The Hall–Kier alpha value is -1.31. The number of aliphatic hydroxyl groups excluding tert-OH is 1. The van der Waals surface area contributed by atoms with Gasteiger partial charge >= 0.3 is 0 Å². The summed E-state index contributed by atoms with van der Waals surface area (Å²) in [4.78, 5) is 13.2. The number of benzene rings is 1. The zero-order valence-corrected chi connectivity index (χ0v) is 22.3. The summed E-state index contributed by atoms with van der Waals surface area (Å²) in [6, 6.07) is 8.69. The summed E-state index contributed by atoms with van der Waals surface area (Å²) in [5.41, 5.74) is 1.05. The Morgan fingerprint density at radius 3 is 1.87 bits per heavy atom. The molecule has 0 amide bonds. The highest BCUT2D eigenvalue weighted by Gasteiger charge is 2.44. The van der Waals surface area contributed by atoms with Crippen LogP contribution in [0, 0.1) is 11.3 Å². The second kappa shape index (κ2) is 9.45. The van der Waals surface area contributed by atoms with E-state index in [0.717, 1.165) is 0 Å². The van der Waals surface area contributed by atoms with Crippen LogP contribution in [0.3, 0.4) is 0 Å². The quantitative estimate of drug-likeness (QED) is 0.525. The smallest absolute Gasteiger partial charge is 0.193 e. The van der Waals surface area contributed by atoms with Gasteiger partial charge in [-0.05, 0) is 54.0 Å². The van der Waals surface area contributed by atoms with Crippen molar-refractivity contribution in [3.8, 4) is 6.07 Å². The van der Waals surface area contributed by atoms with Crippen molar-refractivity contribution in [3.05, 3.63) is 35.4 Å². The average Bonchev–Trinajstić information content (AvgIpc) is 2.62. The topological polar surface area (TPSA) is 79.6 Å². The van der Waals surface area contributed by atoms with Gasteiger partial charge in [0.15, 0.2) is 22.4 Å². The molecule has 0 aliphatic rings. The summed E-state index contributed by atoms with van der Waals surface area (Å²) in [6.07, 6.45) is -2.13. The summed E-state index contributed by atoms with van der Waals surface area (Å²) < 4.78 is 12.5. The van der Waals surface area contributed by atoms with E-state index in [2.05, 4.69) is 73.8 Å². The standard InChI is InChI=1S/C23H39NO4Si2/c1-22(2,3)29(7,8)27-16-19(25)21(28-30(9,10)23(4,5)6)20(26)18-13-11-17(15-24)12-14-18/h11-14,20-21,26H,16H2,1-10H3/t20-,21-/m0/s1. The van der Waals surface area contributed by atoms with Crippen LogP contribution < -0.4 is 0 Å². The number of ketones is 1. The molecule has 1 rings (SSSR count). The fourth-order valence-corrected chi connectivity index (χ4v) is 4.47. The van der Waals surface area contributed by atoms with Gasteiger partial charge in [0.05, 0.1) is 18.2 Å². The summed E-state index contributed by atoms with van der Waals surface area (Å²) in [7, 11) is -4.45. The van der Waals surface area contributed by atoms with Crippen LogP contribution >= 0.6 is 0 Å². The molecule has 1 aromatic carbocycles. The SMILES string of the molecule is CC(C)(C)[Si](C)(C)OCC(=O)[C@H](O[Si](C)(C)C(C)(C)C)[C@@H](O)c1ccc(C#N)cc1. The van der Waals surface area contributed by atoms with Gasteiger partial charge < -0.3 is 14.0 Å². The highest BCUT2D eigenvalue weighted by molar-refractivity contribution is 6.74. The zero-order chi connectivity index (χ0) is 23.5. The predicted molar refractivity (Wildman–Crippen MR) is 126 cm³/mol. The molecule has 0 radical (unpaired) electrons. The van der Waals surface area contributed by atoms with E-state index >= 15 is 0 Å². The van der Waals surface area contributed by atoms with Gasteiger partial charge in [-0.25, -0.2) is 0 Å². The average molecular weight is 450 g/mol. The van der Waals surface area contributed by atoms with Crippen molar-refractivity contribution in [2.75, 3.05) is 6.61 Å². The number of Topliss-reactive ketones (excluding diaryl/α,β-unsaturated/α-hetero) is 1. The number of nitriles is 1. The van der Waals surface area contributed by atoms with Crippen molar-refractivity contribution >= 4 is 22.4 Å². The number of hydrogen-bond acceptors (Lipinski definition) is 5. The van der Waals surface area contributed by atoms with Gasteiger partial charge in [0, 0.05) is 0 Å². The van der Waals surface area contributed by atoms with Gasteiger partial charge in [0.1, 0.15) is 12.2 Å². The summed E-state index contributed by atoms with van der Waals surface area (Å²) in [6.45, 7) is 20.9. The molecule has 0 bridgehead atoms. The van der Waals surface area contributed by atoms with Crippen LogP contribution in [0.2, 0.25) is 36.3 Å². The van der Waals surface area contributed by atoms with Crippen molar-refractivity contribution in [3.63, 3.8) is 0 Å². The van der Waals surface area contributed by atoms with Crippen LogP contribution in [0.1, 0.15) is 58.8 Å². The Kier molecular flexibility index (Phi) is 8.42. The number of nitrogens with zero attached hydrogens (tertiary/aromatic N) is 1. The maximum Gasteiger partial charge on any atom is 0.193 e. The van der Waals surface area contributed by atoms with E-state index in [9.17, 15) is 9.90 Å². The van der Waals surface area contributed by atoms with E-state index in [1.807, 2.05) is 0 Å². The molecule has 0 fully saturated rings. The van der Waals surface area contributed by atoms with Crippen LogP contribution in [-0.2, 0) is 13.6 Å². The van der Waals surface area contributed by atoms with Gasteiger partial charge in [-0.1, -0.05) is 53.7 Å². The molecular formula is C23H39NO4Si2. The van der Waals surface area contributed by atoms with Crippen LogP contribution in [0.4, 0.5) is 0 Å². The first kappa shape index (κ1) is 26.7. The number of hydrogen-bond donors (Lipinski definition) is 1. The number of rotatable bonds is 8. The van der Waals surface area contributed by atoms with Crippen LogP contribution in [-0.4, -0.2) is 40.2 Å². The van der Waals surface area contributed by atoms with Crippen LogP contribution in [0.25, 0.3) is 0 Å². The molecule has 1 N–H and O–H groups in total. The van der Waals surface area contributed by atoms with E-state index in [-0.39, 0.29) is 22.5 Å². The summed E-state index contributed by atoms with van der Waals surface area (Å²) in [5.74, 6) is -0.249. The Bertz CT molecular complexity index is 768. The lowest BCUT2D eigenvalue weighted by Crippen LogP contribution is -2.50. The first-order valence-electron chi connectivity index (χ1n) is 10.5. The Balaban J connectivity index is 3.19. The molecular weight excluding hydrogens is 410 g/mol. The predicted octanol–water partition coefficient (Wildman–Crippen LogP) is 5.57. The van der Waals surface area contributed by atoms with E-state index in [1.165, 1.54) is 0 Å². The molecule has 0 aliphatic heterocycles. The van der Waals surface area contributed by atoms with Gasteiger partial charge in [-0.15, -0.1) is 0 Å². The van der Waals surface area contributed by atoms with Crippen LogP contribution in [0.15, 0.2) is 24.3 Å². The second-order valence-electron chi connectivity index (χ2n) is 11.0. The molecule has 2 atom stereocenters. The maximum absolute atomic E-state index is 13.2. The number of aliphatic hydroxyl groups is 1.